The van der Waals surface area contributed by atoms with Gasteiger partial charge in [-0.3, -0.25) is 10.1 Å². The van der Waals surface area contributed by atoms with Gasteiger partial charge in [0.1, 0.15) is 11.5 Å². The molecule has 0 aliphatic carbocycles. The van der Waals surface area contributed by atoms with Crippen LogP contribution in [-0.2, 0) is 0 Å². The molecule has 0 fully saturated rings. The van der Waals surface area contributed by atoms with E-state index in [1.165, 1.54) is 10.9 Å². The Labute approximate surface area is 182 Å². The van der Waals surface area contributed by atoms with Gasteiger partial charge in [-0.25, -0.2) is 9.78 Å². The molecule has 4 aromatic rings. The lowest BCUT2D eigenvalue weighted by Gasteiger charge is -2.05. The summed E-state index contributed by atoms with van der Waals surface area (Å²) in [5.41, 5.74) is 3.93. The molecule has 0 atom stereocenters. The van der Waals surface area contributed by atoms with Gasteiger partial charge in [0, 0.05) is 22.9 Å². The molecule has 158 valence electrons. The molecule has 0 bridgehead atoms. The first-order valence-electron chi connectivity index (χ1n) is 9.36. The predicted octanol–water partition coefficient (Wildman–Crippen LogP) is 4.41. The van der Waals surface area contributed by atoms with Crippen LogP contribution in [0.25, 0.3) is 17.3 Å². The van der Waals surface area contributed by atoms with Crippen molar-refractivity contribution in [3.63, 3.8) is 0 Å². The lowest BCUT2D eigenvalue weighted by Crippen LogP contribution is -2.07. The Balaban J connectivity index is 1.66. The SMILES string of the molecule is Cc1cc(C)n(-c2n[nH]c(=S)n2N=Cc2ccc(-c3cc(C)c([N+](=O)[O-])cc3C)o2)n1. The number of nitro groups is 1. The van der Waals surface area contributed by atoms with Crippen LogP contribution in [0, 0.1) is 42.6 Å². The van der Waals surface area contributed by atoms with Crippen molar-refractivity contribution in [2.45, 2.75) is 27.7 Å². The molecule has 1 aromatic carbocycles. The Morgan fingerprint density at radius 2 is 1.97 bits per heavy atom. The molecule has 4 rings (SSSR count). The first kappa shape index (κ1) is 20.4. The second-order valence-electron chi connectivity index (χ2n) is 7.14. The van der Waals surface area contributed by atoms with Gasteiger partial charge in [-0.15, -0.1) is 5.10 Å². The molecule has 3 aromatic heterocycles. The largest absolute Gasteiger partial charge is 0.455 e. The van der Waals surface area contributed by atoms with Crippen LogP contribution in [0.1, 0.15) is 28.3 Å². The third kappa shape index (κ3) is 3.82. The molecular formula is C20H19N7O3S. The maximum atomic E-state index is 11.1. The van der Waals surface area contributed by atoms with Gasteiger partial charge in [-0.1, -0.05) is 0 Å². The van der Waals surface area contributed by atoms with Gasteiger partial charge >= 0.3 is 0 Å². The number of hydrogen-bond donors (Lipinski definition) is 1. The highest BCUT2D eigenvalue weighted by molar-refractivity contribution is 7.71. The van der Waals surface area contributed by atoms with Crippen LogP contribution in [0.3, 0.4) is 0 Å². The molecule has 0 saturated carbocycles. The number of rotatable bonds is 5. The molecule has 0 unspecified atom stereocenters. The van der Waals surface area contributed by atoms with Gasteiger partial charge in [0.2, 0.25) is 4.77 Å². The number of aromatic nitrogens is 5. The first-order chi connectivity index (χ1) is 14.7. The quantitative estimate of drug-likeness (QED) is 0.214. The molecule has 3 heterocycles. The second-order valence-corrected chi connectivity index (χ2v) is 7.52. The molecule has 0 amide bonds. The van der Waals surface area contributed by atoms with Crippen LogP contribution in [0.15, 0.2) is 39.9 Å². The predicted molar refractivity (Wildman–Crippen MR) is 117 cm³/mol. The van der Waals surface area contributed by atoms with E-state index in [0.29, 0.717) is 27.8 Å². The van der Waals surface area contributed by atoms with Crippen LogP contribution >= 0.6 is 12.2 Å². The summed E-state index contributed by atoms with van der Waals surface area (Å²) in [5.74, 6) is 1.51. The van der Waals surface area contributed by atoms with Crippen LogP contribution in [0.5, 0.6) is 0 Å². The second kappa shape index (κ2) is 7.76. The Bertz CT molecular complexity index is 1390. The smallest absolute Gasteiger partial charge is 0.272 e. The fraction of sp³-hybridized carbons (Fsp3) is 0.200. The summed E-state index contributed by atoms with van der Waals surface area (Å²) >= 11 is 5.29. The van der Waals surface area contributed by atoms with Crippen LogP contribution < -0.4 is 0 Å². The van der Waals surface area contributed by atoms with Gasteiger partial charge in [-0.2, -0.15) is 14.9 Å². The number of aromatic amines is 1. The number of aryl methyl sites for hydroxylation is 4. The van der Waals surface area contributed by atoms with E-state index >= 15 is 0 Å². The van der Waals surface area contributed by atoms with Crippen LogP contribution in [0.4, 0.5) is 5.69 Å². The van der Waals surface area contributed by atoms with Crippen LogP contribution in [-0.4, -0.2) is 35.8 Å². The number of H-pyrrole nitrogens is 1. The zero-order valence-electron chi connectivity index (χ0n) is 17.3. The van der Waals surface area contributed by atoms with Crippen molar-refractivity contribution in [1.29, 1.82) is 0 Å². The summed E-state index contributed by atoms with van der Waals surface area (Å²) in [6, 6.07) is 8.79. The Morgan fingerprint density at radius 1 is 1.19 bits per heavy atom. The highest BCUT2D eigenvalue weighted by Crippen LogP contribution is 2.31. The molecular weight excluding hydrogens is 418 g/mol. The highest BCUT2D eigenvalue weighted by atomic mass is 32.1. The monoisotopic (exact) mass is 437 g/mol. The van der Waals surface area contributed by atoms with E-state index in [2.05, 4.69) is 20.4 Å². The summed E-state index contributed by atoms with van der Waals surface area (Å²) in [5, 5.41) is 26.9. The Hall–Kier alpha value is -3.86. The van der Waals surface area contributed by atoms with Crippen molar-refractivity contribution in [3.8, 4) is 17.3 Å². The number of benzene rings is 1. The molecule has 0 spiro atoms. The fourth-order valence-corrected chi connectivity index (χ4v) is 3.48. The third-order valence-corrected chi connectivity index (χ3v) is 5.03. The number of hydrogen-bond acceptors (Lipinski definition) is 7. The van der Waals surface area contributed by atoms with E-state index in [9.17, 15) is 10.1 Å². The Kier molecular flexibility index (Phi) is 5.11. The Morgan fingerprint density at radius 3 is 2.65 bits per heavy atom. The fourth-order valence-electron chi connectivity index (χ4n) is 3.30. The topological polar surface area (TPSA) is 120 Å². The van der Waals surface area contributed by atoms with Gasteiger partial charge in [-0.05, 0) is 69.7 Å². The highest BCUT2D eigenvalue weighted by Gasteiger charge is 2.16. The zero-order valence-corrected chi connectivity index (χ0v) is 18.1. The molecule has 31 heavy (non-hydrogen) atoms. The van der Waals surface area contributed by atoms with E-state index in [-0.39, 0.29) is 10.6 Å². The molecule has 10 nitrogen and oxygen atoms in total. The summed E-state index contributed by atoms with van der Waals surface area (Å²) in [6.45, 7) is 7.32. The van der Waals surface area contributed by atoms with Crippen molar-refractivity contribution in [2.24, 2.45) is 5.10 Å². The maximum Gasteiger partial charge on any atom is 0.272 e. The number of nitrogens with zero attached hydrogens (tertiary/aromatic N) is 6. The standard InChI is InChI=1S/C20H19N7O3S/c1-11-8-17(27(28)29)12(2)7-16(11)18-6-5-15(30-18)10-21-26-19(22-23-20(26)31)25-14(4)9-13(3)24-25/h5-10H,1-4H3,(H,23,31). The first-order valence-corrected chi connectivity index (χ1v) is 9.76. The van der Waals surface area contributed by atoms with E-state index < -0.39 is 0 Å². The summed E-state index contributed by atoms with van der Waals surface area (Å²) in [4.78, 5) is 10.8. The van der Waals surface area contributed by atoms with Crippen LogP contribution in [0.2, 0.25) is 0 Å². The van der Waals surface area contributed by atoms with E-state index in [1.807, 2.05) is 26.8 Å². The molecule has 0 aliphatic heterocycles. The molecule has 0 radical (unpaired) electrons. The molecule has 1 N–H and O–H groups in total. The lowest BCUT2D eigenvalue weighted by atomic mass is 10.0. The van der Waals surface area contributed by atoms with Crippen molar-refractivity contribution >= 4 is 24.1 Å². The average Bonchev–Trinajstić information content (AvgIpc) is 3.40. The van der Waals surface area contributed by atoms with Crippen molar-refractivity contribution in [3.05, 3.63) is 73.5 Å². The average molecular weight is 437 g/mol. The molecule has 11 heteroatoms. The van der Waals surface area contributed by atoms with E-state index in [0.717, 1.165) is 22.5 Å². The summed E-state index contributed by atoms with van der Waals surface area (Å²) < 4.78 is 9.32. The summed E-state index contributed by atoms with van der Waals surface area (Å²) in [7, 11) is 0. The minimum atomic E-state index is -0.388. The third-order valence-electron chi connectivity index (χ3n) is 4.76. The number of nitrogens with one attached hydrogen (secondary N) is 1. The maximum absolute atomic E-state index is 11.1. The number of nitro benzene ring substituents is 1. The normalized spacial score (nSPS) is 11.5. The lowest BCUT2D eigenvalue weighted by molar-refractivity contribution is -0.385. The zero-order chi connectivity index (χ0) is 22.3. The van der Waals surface area contributed by atoms with Gasteiger partial charge in [0.05, 0.1) is 16.8 Å². The van der Waals surface area contributed by atoms with Crippen molar-refractivity contribution in [2.75, 3.05) is 0 Å². The van der Waals surface area contributed by atoms with Crippen molar-refractivity contribution in [1.82, 2.24) is 24.7 Å². The minimum Gasteiger partial charge on any atom is -0.455 e. The van der Waals surface area contributed by atoms with E-state index in [1.54, 1.807) is 35.9 Å². The van der Waals surface area contributed by atoms with Gasteiger partial charge in [0.15, 0.2) is 0 Å². The van der Waals surface area contributed by atoms with Crippen molar-refractivity contribution < 1.29 is 9.34 Å². The summed E-state index contributed by atoms with van der Waals surface area (Å²) in [6.07, 6.45) is 1.53. The number of furan rings is 1. The molecule has 0 saturated heterocycles. The van der Waals surface area contributed by atoms with Gasteiger partial charge < -0.3 is 4.42 Å². The minimum absolute atomic E-state index is 0.0839. The van der Waals surface area contributed by atoms with E-state index in [4.69, 9.17) is 16.6 Å². The van der Waals surface area contributed by atoms with Gasteiger partial charge in [0.25, 0.3) is 11.6 Å². The molecule has 0 aliphatic rings.